The summed E-state index contributed by atoms with van der Waals surface area (Å²) < 4.78 is 52.3. The summed E-state index contributed by atoms with van der Waals surface area (Å²) in [6, 6.07) is 0. The lowest BCUT2D eigenvalue weighted by Crippen LogP contribution is -2.19. The maximum absolute atomic E-state index is 13.3. The van der Waals surface area contributed by atoms with E-state index in [0.29, 0.717) is 0 Å². The number of hydrogen-bond donors (Lipinski definition) is 1. The molecule has 7 heteroatoms. The van der Waals surface area contributed by atoms with E-state index < -0.39 is 30.0 Å². The van der Waals surface area contributed by atoms with Crippen LogP contribution in [0.15, 0.2) is 6.20 Å². The Morgan fingerprint density at radius 3 is 2.60 bits per heavy atom. The molecule has 0 amide bonds. The molecule has 2 N–H and O–H groups in total. The summed E-state index contributed by atoms with van der Waals surface area (Å²) in [4.78, 5) is 0. The highest BCUT2D eigenvalue weighted by Crippen LogP contribution is 2.36. The fraction of sp³-hybridized carbons (Fsp3) is 0.625. The zero-order valence-corrected chi connectivity index (χ0v) is 8.05. The van der Waals surface area contributed by atoms with Crippen molar-refractivity contribution in [3.63, 3.8) is 0 Å². The maximum Gasteiger partial charge on any atom is 0.282 e. The minimum atomic E-state index is -3.35. The van der Waals surface area contributed by atoms with Crippen LogP contribution in [0, 0.1) is 0 Å². The second-order valence-corrected chi connectivity index (χ2v) is 3.15. The molecule has 0 spiro atoms. The largest absolute Gasteiger partial charge is 0.330 e. The number of hydrogen-bond acceptors (Lipinski definition) is 2. The van der Waals surface area contributed by atoms with Gasteiger partial charge in [0, 0.05) is 19.7 Å². The van der Waals surface area contributed by atoms with Crippen LogP contribution in [-0.4, -0.2) is 16.3 Å². The van der Waals surface area contributed by atoms with Crippen LogP contribution in [0.2, 0.25) is 0 Å². The molecule has 0 aromatic carbocycles. The zero-order valence-electron chi connectivity index (χ0n) is 8.05. The number of nitrogens with two attached hydrogens (primary N) is 1. The first-order valence-electron chi connectivity index (χ1n) is 4.28. The lowest BCUT2D eigenvalue weighted by molar-refractivity contribution is -0.0148. The molecule has 15 heavy (non-hydrogen) atoms. The molecule has 0 radical (unpaired) electrons. The third-order valence-corrected chi connectivity index (χ3v) is 1.92. The van der Waals surface area contributed by atoms with Crippen LogP contribution in [-0.2, 0) is 13.0 Å². The van der Waals surface area contributed by atoms with Crippen molar-refractivity contribution < 1.29 is 17.6 Å². The number of nitrogens with zero attached hydrogens (tertiary/aromatic N) is 2. The lowest BCUT2D eigenvalue weighted by atomic mass is 10.1. The summed E-state index contributed by atoms with van der Waals surface area (Å²) in [7, 11) is 1.31. The van der Waals surface area contributed by atoms with Gasteiger partial charge in [-0.05, 0) is 6.54 Å². The Balaban J connectivity index is 3.12. The van der Waals surface area contributed by atoms with Crippen LogP contribution in [0.4, 0.5) is 17.6 Å². The highest BCUT2D eigenvalue weighted by Gasteiger charge is 2.37. The number of aromatic nitrogens is 2. The highest BCUT2D eigenvalue weighted by molar-refractivity contribution is 5.23. The Hall–Kier alpha value is -1.11. The Labute approximate surface area is 83.9 Å². The third kappa shape index (κ3) is 2.47. The Morgan fingerprint density at radius 2 is 2.13 bits per heavy atom. The second-order valence-electron chi connectivity index (χ2n) is 3.15. The fourth-order valence-corrected chi connectivity index (χ4v) is 1.26. The van der Waals surface area contributed by atoms with Crippen LogP contribution in [0.25, 0.3) is 0 Å². The molecule has 1 aromatic rings. The van der Waals surface area contributed by atoms with Crippen molar-refractivity contribution in [1.82, 2.24) is 9.78 Å². The minimum Gasteiger partial charge on any atom is -0.330 e. The van der Waals surface area contributed by atoms with E-state index in [1.807, 2.05) is 0 Å². The van der Waals surface area contributed by atoms with E-state index in [2.05, 4.69) is 5.10 Å². The molecule has 1 rings (SSSR count). The van der Waals surface area contributed by atoms with Crippen molar-refractivity contribution in [1.29, 1.82) is 0 Å². The highest BCUT2D eigenvalue weighted by atomic mass is 19.3. The van der Waals surface area contributed by atoms with Gasteiger partial charge in [0.25, 0.3) is 12.3 Å². The molecule has 1 heterocycles. The average molecular weight is 225 g/mol. The standard InChI is InChI=1S/C8H11F4N3/c1-15-4-5(6(14-15)7(9)10)8(11,12)2-3-13/h4,7H,2-3,13H2,1H3. The average Bonchev–Trinajstić information content (AvgIpc) is 2.47. The molecule has 0 saturated carbocycles. The molecule has 0 aliphatic heterocycles. The van der Waals surface area contributed by atoms with Gasteiger partial charge in [0.15, 0.2) is 0 Å². The van der Waals surface area contributed by atoms with E-state index in [1.54, 1.807) is 0 Å². The van der Waals surface area contributed by atoms with Crippen LogP contribution < -0.4 is 5.73 Å². The predicted octanol–water partition coefficient (Wildman–Crippen LogP) is 1.80. The van der Waals surface area contributed by atoms with Crippen molar-refractivity contribution in [3.8, 4) is 0 Å². The number of aryl methyl sites for hydroxylation is 1. The smallest absolute Gasteiger partial charge is 0.282 e. The van der Waals surface area contributed by atoms with Crippen LogP contribution in [0.5, 0.6) is 0 Å². The summed E-state index contributed by atoms with van der Waals surface area (Å²) in [5.41, 5.74) is 3.37. The molecule has 0 fully saturated rings. The molecule has 0 aliphatic rings. The summed E-state index contributed by atoms with van der Waals surface area (Å²) in [6.45, 7) is -0.273. The van der Waals surface area contributed by atoms with Gasteiger partial charge in [0.2, 0.25) is 0 Å². The van der Waals surface area contributed by atoms with Crippen LogP contribution in [0.1, 0.15) is 24.1 Å². The number of alkyl halides is 4. The van der Waals surface area contributed by atoms with Gasteiger partial charge in [0.05, 0.1) is 5.56 Å². The third-order valence-electron chi connectivity index (χ3n) is 1.92. The van der Waals surface area contributed by atoms with Gasteiger partial charge in [0.1, 0.15) is 5.69 Å². The lowest BCUT2D eigenvalue weighted by Gasteiger charge is -2.14. The van der Waals surface area contributed by atoms with E-state index in [1.165, 1.54) is 7.05 Å². The van der Waals surface area contributed by atoms with Gasteiger partial charge in [-0.1, -0.05) is 0 Å². The van der Waals surface area contributed by atoms with Gasteiger partial charge in [-0.25, -0.2) is 17.6 Å². The number of rotatable bonds is 4. The van der Waals surface area contributed by atoms with E-state index in [9.17, 15) is 17.6 Å². The Morgan fingerprint density at radius 1 is 1.53 bits per heavy atom. The van der Waals surface area contributed by atoms with Gasteiger partial charge in [-0.15, -0.1) is 0 Å². The second kappa shape index (κ2) is 4.18. The minimum absolute atomic E-state index is 0.273. The Kier molecular flexibility index (Phi) is 3.33. The molecule has 0 saturated heterocycles. The molecule has 86 valence electrons. The van der Waals surface area contributed by atoms with Gasteiger partial charge in [-0.2, -0.15) is 5.10 Å². The summed E-state index contributed by atoms with van der Waals surface area (Å²) in [5.74, 6) is -3.35. The van der Waals surface area contributed by atoms with E-state index in [0.717, 1.165) is 10.9 Å². The first kappa shape index (κ1) is 12.0. The molecule has 0 atom stereocenters. The molecule has 0 aliphatic carbocycles. The fourth-order valence-electron chi connectivity index (χ4n) is 1.26. The molecule has 1 aromatic heterocycles. The zero-order chi connectivity index (χ0) is 11.6. The van der Waals surface area contributed by atoms with Crippen molar-refractivity contribution in [3.05, 3.63) is 17.5 Å². The quantitative estimate of drug-likeness (QED) is 0.794. The van der Waals surface area contributed by atoms with E-state index >= 15 is 0 Å². The van der Waals surface area contributed by atoms with Gasteiger partial charge >= 0.3 is 0 Å². The van der Waals surface area contributed by atoms with Crippen molar-refractivity contribution in [2.24, 2.45) is 12.8 Å². The first-order valence-corrected chi connectivity index (χ1v) is 4.28. The van der Waals surface area contributed by atoms with E-state index in [4.69, 9.17) is 5.73 Å². The molecule has 3 nitrogen and oxygen atoms in total. The SMILES string of the molecule is Cn1cc(C(F)(F)CCN)c(C(F)F)n1. The summed E-state index contributed by atoms with van der Waals surface area (Å²) in [5, 5.41) is 3.30. The molecule has 0 bridgehead atoms. The molecular weight excluding hydrogens is 214 g/mol. The summed E-state index contributed by atoms with van der Waals surface area (Å²) in [6.07, 6.45) is -2.78. The van der Waals surface area contributed by atoms with Crippen molar-refractivity contribution >= 4 is 0 Å². The number of halogens is 4. The van der Waals surface area contributed by atoms with Crippen LogP contribution in [0.3, 0.4) is 0 Å². The predicted molar refractivity (Wildman–Crippen MR) is 45.7 cm³/mol. The maximum atomic E-state index is 13.3. The monoisotopic (exact) mass is 225 g/mol. The van der Waals surface area contributed by atoms with Crippen molar-refractivity contribution in [2.75, 3.05) is 6.54 Å². The Bertz CT molecular complexity index is 335. The normalized spacial score (nSPS) is 12.5. The first-order chi connectivity index (χ1) is 6.88. The van der Waals surface area contributed by atoms with E-state index in [-0.39, 0.29) is 6.54 Å². The topological polar surface area (TPSA) is 43.8 Å². The van der Waals surface area contributed by atoms with Crippen LogP contribution >= 0.6 is 0 Å². The van der Waals surface area contributed by atoms with Gasteiger partial charge < -0.3 is 5.73 Å². The molecular formula is C8H11F4N3. The van der Waals surface area contributed by atoms with Crippen molar-refractivity contribution in [2.45, 2.75) is 18.8 Å². The molecule has 0 unspecified atom stereocenters. The van der Waals surface area contributed by atoms with Gasteiger partial charge in [-0.3, -0.25) is 4.68 Å². The summed E-state index contributed by atoms with van der Waals surface area (Å²) >= 11 is 0.